The van der Waals surface area contributed by atoms with E-state index in [-0.39, 0.29) is 0 Å². The molecule has 3 aromatic rings. The Morgan fingerprint density at radius 3 is 2.94 bits per heavy atom. The molecule has 0 saturated heterocycles. The Bertz CT molecular complexity index is 570. The monoisotopic (exact) mass is 232 g/mol. The molecule has 0 aliphatic rings. The third-order valence-electron chi connectivity index (χ3n) is 2.36. The first kappa shape index (κ1) is 9.50. The average molecular weight is 232 g/mol. The maximum atomic E-state index is 10.0. The zero-order valence-corrected chi connectivity index (χ0v) is 9.02. The highest BCUT2D eigenvalue weighted by Crippen LogP contribution is 2.28. The molecule has 0 bridgehead atoms. The van der Waals surface area contributed by atoms with Gasteiger partial charge in [-0.1, -0.05) is 22.7 Å². The predicted molar refractivity (Wildman–Crippen MR) is 60.2 cm³/mol. The van der Waals surface area contributed by atoms with Crippen molar-refractivity contribution in [3.05, 3.63) is 47.2 Å². The first-order valence-electron chi connectivity index (χ1n) is 4.78. The van der Waals surface area contributed by atoms with Gasteiger partial charge in [-0.25, -0.2) is 0 Å². The zero-order valence-electron chi connectivity index (χ0n) is 8.20. The SMILES string of the molecule is OC(c1cc2ccccc2o1)c1cnns1. The summed E-state index contributed by atoms with van der Waals surface area (Å²) in [5.41, 5.74) is 0.772. The van der Waals surface area contributed by atoms with E-state index >= 15 is 0 Å². The Morgan fingerprint density at radius 1 is 1.31 bits per heavy atom. The standard InChI is InChI=1S/C11H8N2O2S/c14-11(10-6-12-13-16-10)9-5-7-3-1-2-4-8(7)15-9/h1-6,11,14H. The van der Waals surface area contributed by atoms with Crippen molar-refractivity contribution in [3.8, 4) is 0 Å². The van der Waals surface area contributed by atoms with Gasteiger partial charge in [-0.3, -0.25) is 0 Å². The van der Waals surface area contributed by atoms with Crippen molar-refractivity contribution in [2.45, 2.75) is 6.10 Å². The lowest BCUT2D eigenvalue weighted by molar-refractivity contribution is 0.195. The molecular formula is C11H8N2O2S. The van der Waals surface area contributed by atoms with E-state index in [1.807, 2.05) is 30.3 Å². The fourth-order valence-corrected chi connectivity index (χ4v) is 2.07. The van der Waals surface area contributed by atoms with Crippen LogP contribution in [0, 0.1) is 0 Å². The summed E-state index contributed by atoms with van der Waals surface area (Å²) in [4.78, 5) is 0.680. The second-order valence-corrected chi connectivity index (χ2v) is 4.23. The van der Waals surface area contributed by atoms with Gasteiger partial charge in [-0.05, 0) is 23.7 Å². The van der Waals surface area contributed by atoms with E-state index in [9.17, 15) is 5.11 Å². The summed E-state index contributed by atoms with van der Waals surface area (Å²) >= 11 is 1.16. The van der Waals surface area contributed by atoms with Crippen molar-refractivity contribution >= 4 is 22.5 Å². The van der Waals surface area contributed by atoms with Gasteiger partial charge in [0.1, 0.15) is 17.4 Å². The number of benzene rings is 1. The van der Waals surface area contributed by atoms with E-state index in [2.05, 4.69) is 9.59 Å². The number of nitrogens with zero attached hydrogens (tertiary/aromatic N) is 2. The van der Waals surface area contributed by atoms with Crippen LogP contribution in [0.3, 0.4) is 0 Å². The van der Waals surface area contributed by atoms with Gasteiger partial charge in [0.15, 0.2) is 0 Å². The maximum absolute atomic E-state index is 10.0. The van der Waals surface area contributed by atoms with Crippen LogP contribution in [0.25, 0.3) is 11.0 Å². The number of hydrogen-bond donors (Lipinski definition) is 1. The number of furan rings is 1. The molecule has 0 saturated carbocycles. The lowest BCUT2D eigenvalue weighted by Gasteiger charge is -2.01. The van der Waals surface area contributed by atoms with Crippen LogP contribution in [0.15, 0.2) is 40.9 Å². The molecule has 4 nitrogen and oxygen atoms in total. The predicted octanol–water partition coefficient (Wildman–Crippen LogP) is 2.37. The van der Waals surface area contributed by atoms with Gasteiger partial charge in [0.25, 0.3) is 0 Å². The molecule has 2 aromatic heterocycles. The molecule has 1 N–H and O–H groups in total. The first-order chi connectivity index (χ1) is 7.84. The van der Waals surface area contributed by atoms with Crippen molar-refractivity contribution < 1.29 is 9.52 Å². The Kier molecular flexibility index (Phi) is 2.19. The summed E-state index contributed by atoms with van der Waals surface area (Å²) in [6, 6.07) is 9.48. The van der Waals surface area contributed by atoms with Crippen molar-refractivity contribution in [3.63, 3.8) is 0 Å². The van der Waals surface area contributed by atoms with Gasteiger partial charge in [0, 0.05) is 5.39 Å². The van der Waals surface area contributed by atoms with Gasteiger partial charge in [0.05, 0.1) is 11.1 Å². The minimum Gasteiger partial charge on any atom is -0.458 e. The molecular weight excluding hydrogens is 224 g/mol. The quantitative estimate of drug-likeness (QED) is 0.736. The Morgan fingerprint density at radius 2 is 2.19 bits per heavy atom. The number of aliphatic hydroxyl groups is 1. The molecule has 5 heteroatoms. The van der Waals surface area contributed by atoms with Crippen molar-refractivity contribution in [1.29, 1.82) is 0 Å². The molecule has 1 atom stereocenters. The summed E-state index contributed by atoms with van der Waals surface area (Å²) in [7, 11) is 0. The topological polar surface area (TPSA) is 59.2 Å². The van der Waals surface area contributed by atoms with Gasteiger partial charge >= 0.3 is 0 Å². The normalized spacial score (nSPS) is 13.1. The van der Waals surface area contributed by atoms with E-state index in [1.165, 1.54) is 0 Å². The molecule has 0 fully saturated rings. The molecule has 80 valence electrons. The van der Waals surface area contributed by atoms with E-state index in [0.717, 1.165) is 22.5 Å². The average Bonchev–Trinajstić information content (AvgIpc) is 2.97. The highest BCUT2D eigenvalue weighted by Gasteiger charge is 2.17. The number of aliphatic hydroxyl groups excluding tert-OH is 1. The number of para-hydroxylation sites is 1. The lowest BCUT2D eigenvalue weighted by Crippen LogP contribution is -1.94. The van der Waals surface area contributed by atoms with Crippen LogP contribution >= 0.6 is 11.5 Å². The second kappa shape index (κ2) is 3.70. The van der Waals surface area contributed by atoms with Crippen LogP contribution in [-0.4, -0.2) is 14.7 Å². The number of aromatic nitrogens is 2. The molecule has 1 aromatic carbocycles. The molecule has 0 spiro atoms. The van der Waals surface area contributed by atoms with Gasteiger partial charge in [-0.2, -0.15) is 0 Å². The highest BCUT2D eigenvalue weighted by atomic mass is 32.1. The van der Waals surface area contributed by atoms with E-state index in [0.29, 0.717) is 10.6 Å². The van der Waals surface area contributed by atoms with Crippen LogP contribution in [-0.2, 0) is 0 Å². The third-order valence-corrected chi connectivity index (χ3v) is 3.08. The molecule has 1 unspecified atom stereocenters. The molecule has 2 heterocycles. The Hall–Kier alpha value is -1.72. The third kappa shape index (κ3) is 1.50. The maximum Gasteiger partial charge on any atom is 0.149 e. The van der Waals surface area contributed by atoms with E-state index < -0.39 is 6.10 Å². The first-order valence-corrected chi connectivity index (χ1v) is 5.56. The smallest absolute Gasteiger partial charge is 0.149 e. The summed E-state index contributed by atoms with van der Waals surface area (Å²) in [5, 5.41) is 14.7. The van der Waals surface area contributed by atoms with Crippen LogP contribution in [0.2, 0.25) is 0 Å². The van der Waals surface area contributed by atoms with Gasteiger partial charge in [0.2, 0.25) is 0 Å². The minimum absolute atomic E-state index is 0.521. The highest BCUT2D eigenvalue weighted by molar-refractivity contribution is 7.05. The largest absolute Gasteiger partial charge is 0.458 e. The number of hydrogen-bond acceptors (Lipinski definition) is 5. The van der Waals surface area contributed by atoms with Crippen molar-refractivity contribution in [2.24, 2.45) is 0 Å². The number of rotatable bonds is 2. The molecule has 0 radical (unpaired) electrons. The molecule has 0 aliphatic heterocycles. The number of fused-ring (bicyclic) bond motifs is 1. The van der Waals surface area contributed by atoms with Crippen molar-refractivity contribution in [2.75, 3.05) is 0 Å². The lowest BCUT2D eigenvalue weighted by atomic mass is 10.2. The molecule has 16 heavy (non-hydrogen) atoms. The van der Waals surface area contributed by atoms with E-state index in [1.54, 1.807) is 6.20 Å². The second-order valence-electron chi connectivity index (χ2n) is 3.41. The Labute approximate surface area is 95.3 Å². The summed E-state index contributed by atoms with van der Waals surface area (Å²) < 4.78 is 9.27. The van der Waals surface area contributed by atoms with Crippen LogP contribution in [0.4, 0.5) is 0 Å². The zero-order chi connectivity index (χ0) is 11.0. The molecule has 0 aliphatic carbocycles. The molecule has 0 amide bonds. The fraction of sp³-hybridized carbons (Fsp3) is 0.0909. The van der Waals surface area contributed by atoms with Gasteiger partial charge in [-0.15, -0.1) is 5.10 Å². The minimum atomic E-state index is -0.785. The van der Waals surface area contributed by atoms with Crippen LogP contribution < -0.4 is 0 Å². The Balaban J connectivity index is 2.06. The summed E-state index contributed by atoms with van der Waals surface area (Å²) in [6.07, 6.45) is 0.759. The van der Waals surface area contributed by atoms with Gasteiger partial charge < -0.3 is 9.52 Å². The van der Waals surface area contributed by atoms with Crippen LogP contribution in [0.5, 0.6) is 0 Å². The summed E-state index contributed by atoms with van der Waals surface area (Å²) in [5.74, 6) is 0.521. The summed E-state index contributed by atoms with van der Waals surface area (Å²) in [6.45, 7) is 0. The van der Waals surface area contributed by atoms with Crippen molar-refractivity contribution in [1.82, 2.24) is 9.59 Å². The van der Waals surface area contributed by atoms with E-state index in [4.69, 9.17) is 4.42 Å². The molecule has 3 rings (SSSR count). The fourth-order valence-electron chi connectivity index (χ4n) is 1.57. The van der Waals surface area contributed by atoms with Crippen LogP contribution in [0.1, 0.15) is 16.7 Å².